The summed E-state index contributed by atoms with van der Waals surface area (Å²) in [4.78, 5) is 19.8. The van der Waals surface area contributed by atoms with Gasteiger partial charge in [0, 0.05) is 17.8 Å². The summed E-state index contributed by atoms with van der Waals surface area (Å²) in [5, 5.41) is 0. The van der Waals surface area contributed by atoms with Gasteiger partial charge < -0.3 is 4.90 Å². The molecular formula is C17H19FN2OS. The van der Waals surface area contributed by atoms with E-state index in [1.54, 1.807) is 17.4 Å². The van der Waals surface area contributed by atoms with Crippen molar-refractivity contribution in [2.45, 2.75) is 39.2 Å². The molecule has 0 N–H and O–H groups in total. The molecule has 1 aliphatic heterocycles. The van der Waals surface area contributed by atoms with Crippen molar-refractivity contribution in [2.75, 3.05) is 6.54 Å². The minimum absolute atomic E-state index is 0.0606. The number of fused-ring (bicyclic) bond motifs is 1. The number of nitrogens with zero attached hydrogens (tertiary/aromatic N) is 2. The Labute approximate surface area is 133 Å². The zero-order valence-corrected chi connectivity index (χ0v) is 13.6. The SMILES string of the molecule is Cc1ncsc1CCC(=O)N1CCc2ccc(F)cc2[C@@H]1C. The molecule has 0 spiro atoms. The maximum Gasteiger partial charge on any atom is 0.223 e. The van der Waals surface area contributed by atoms with E-state index < -0.39 is 0 Å². The van der Waals surface area contributed by atoms with Gasteiger partial charge in [-0.3, -0.25) is 4.79 Å². The second-order valence-electron chi connectivity index (χ2n) is 5.72. The monoisotopic (exact) mass is 318 g/mol. The third-order valence-electron chi connectivity index (χ3n) is 4.38. The van der Waals surface area contributed by atoms with Crippen LogP contribution in [0.1, 0.15) is 41.1 Å². The molecule has 2 aromatic rings. The fourth-order valence-electron chi connectivity index (χ4n) is 3.06. The van der Waals surface area contributed by atoms with Crippen LogP contribution < -0.4 is 0 Å². The highest BCUT2D eigenvalue weighted by atomic mass is 32.1. The highest BCUT2D eigenvalue weighted by Gasteiger charge is 2.27. The molecule has 0 bridgehead atoms. The van der Waals surface area contributed by atoms with Crippen LogP contribution in [0.4, 0.5) is 4.39 Å². The molecule has 1 atom stereocenters. The third-order valence-corrected chi connectivity index (χ3v) is 5.37. The molecule has 116 valence electrons. The Kier molecular flexibility index (Phi) is 4.25. The normalized spacial score (nSPS) is 17.4. The van der Waals surface area contributed by atoms with Crippen molar-refractivity contribution >= 4 is 17.2 Å². The maximum atomic E-state index is 13.5. The number of aryl methyl sites for hydroxylation is 2. The van der Waals surface area contributed by atoms with Gasteiger partial charge in [0.15, 0.2) is 0 Å². The second-order valence-corrected chi connectivity index (χ2v) is 6.66. The van der Waals surface area contributed by atoms with Crippen LogP contribution >= 0.6 is 11.3 Å². The largest absolute Gasteiger partial charge is 0.336 e. The first kappa shape index (κ1) is 15.2. The second kappa shape index (κ2) is 6.16. The number of carbonyl (C=O) groups is 1. The van der Waals surface area contributed by atoms with Crippen LogP contribution in [0.25, 0.3) is 0 Å². The van der Waals surface area contributed by atoms with E-state index in [1.165, 1.54) is 10.9 Å². The molecule has 22 heavy (non-hydrogen) atoms. The average molecular weight is 318 g/mol. The van der Waals surface area contributed by atoms with Crippen LogP contribution in [0.15, 0.2) is 23.7 Å². The molecule has 3 nitrogen and oxygen atoms in total. The average Bonchev–Trinajstić information content (AvgIpc) is 2.91. The number of amides is 1. The van der Waals surface area contributed by atoms with E-state index in [0.29, 0.717) is 13.0 Å². The molecule has 0 unspecified atom stereocenters. The third kappa shape index (κ3) is 2.90. The quantitative estimate of drug-likeness (QED) is 0.865. The van der Waals surface area contributed by atoms with Gasteiger partial charge in [-0.25, -0.2) is 9.37 Å². The standard InChI is InChI=1S/C17H19FN2OS/c1-11-16(22-10-19-11)5-6-17(21)20-8-7-13-3-4-14(18)9-15(13)12(20)2/h3-4,9-10,12H,5-8H2,1-2H3/t12-/m0/s1. The fourth-order valence-corrected chi connectivity index (χ4v) is 3.84. The lowest BCUT2D eigenvalue weighted by Crippen LogP contribution is -2.39. The van der Waals surface area contributed by atoms with E-state index >= 15 is 0 Å². The van der Waals surface area contributed by atoms with Gasteiger partial charge in [0.25, 0.3) is 0 Å². The number of halogens is 1. The molecule has 0 saturated heterocycles. The predicted molar refractivity (Wildman–Crippen MR) is 85.4 cm³/mol. The molecule has 5 heteroatoms. The minimum atomic E-state index is -0.236. The maximum absolute atomic E-state index is 13.5. The zero-order valence-electron chi connectivity index (χ0n) is 12.8. The highest BCUT2D eigenvalue weighted by Crippen LogP contribution is 2.30. The van der Waals surface area contributed by atoms with E-state index in [2.05, 4.69) is 4.98 Å². The van der Waals surface area contributed by atoms with Crippen molar-refractivity contribution in [1.82, 2.24) is 9.88 Å². The van der Waals surface area contributed by atoms with Crippen molar-refractivity contribution in [1.29, 1.82) is 0 Å². The Morgan fingerprint density at radius 3 is 3.05 bits per heavy atom. The van der Waals surface area contributed by atoms with Gasteiger partial charge in [0.2, 0.25) is 5.91 Å². The van der Waals surface area contributed by atoms with Crippen LogP contribution in [0, 0.1) is 12.7 Å². The van der Waals surface area contributed by atoms with Gasteiger partial charge in [-0.15, -0.1) is 11.3 Å². The first-order chi connectivity index (χ1) is 10.6. The van der Waals surface area contributed by atoms with Crippen molar-refractivity contribution in [3.05, 3.63) is 51.2 Å². The lowest BCUT2D eigenvalue weighted by atomic mass is 9.93. The fraction of sp³-hybridized carbons (Fsp3) is 0.412. The summed E-state index contributed by atoms with van der Waals surface area (Å²) in [6, 6.07) is 4.83. The van der Waals surface area contributed by atoms with Gasteiger partial charge in [0.1, 0.15) is 5.82 Å². The van der Waals surface area contributed by atoms with E-state index in [4.69, 9.17) is 0 Å². The van der Waals surface area contributed by atoms with Gasteiger partial charge >= 0.3 is 0 Å². The summed E-state index contributed by atoms with van der Waals surface area (Å²) in [5.41, 5.74) is 4.92. The predicted octanol–water partition coefficient (Wildman–Crippen LogP) is 3.67. The first-order valence-electron chi connectivity index (χ1n) is 7.53. The summed E-state index contributed by atoms with van der Waals surface area (Å²) in [6.07, 6.45) is 2.01. The lowest BCUT2D eigenvalue weighted by Gasteiger charge is -2.35. The molecule has 0 saturated carbocycles. The number of hydrogen-bond donors (Lipinski definition) is 0. The van der Waals surface area contributed by atoms with Gasteiger partial charge in [-0.2, -0.15) is 0 Å². The Morgan fingerprint density at radius 1 is 1.50 bits per heavy atom. The van der Waals surface area contributed by atoms with E-state index in [-0.39, 0.29) is 17.8 Å². The minimum Gasteiger partial charge on any atom is -0.336 e. The molecule has 0 radical (unpaired) electrons. The smallest absolute Gasteiger partial charge is 0.223 e. The molecule has 1 amide bonds. The van der Waals surface area contributed by atoms with Crippen molar-refractivity contribution in [2.24, 2.45) is 0 Å². The number of thiazole rings is 1. The Morgan fingerprint density at radius 2 is 2.32 bits per heavy atom. The Hall–Kier alpha value is -1.75. The van der Waals surface area contributed by atoms with Crippen LogP contribution in [-0.4, -0.2) is 22.3 Å². The number of benzene rings is 1. The van der Waals surface area contributed by atoms with E-state index in [9.17, 15) is 9.18 Å². The highest BCUT2D eigenvalue weighted by molar-refractivity contribution is 7.09. The van der Waals surface area contributed by atoms with Crippen molar-refractivity contribution in [3.63, 3.8) is 0 Å². The first-order valence-corrected chi connectivity index (χ1v) is 8.41. The van der Waals surface area contributed by atoms with Gasteiger partial charge in [-0.1, -0.05) is 6.07 Å². The summed E-state index contributed by atoms with van der Waals surface area (Å²) >= 11 is 1.60. The molecule has 1 aromatic heterocycles. The molecular weight excluding hydrogens is 299 g/mol. The number of aromatic nitrogens is 1. The van der Waals surface area contributed by atoms with Crippen LogP contribution in [-0.2, 0) is 17.6 Å². The Balaban J connectivity index is 1.70. The zero-order chi connectivity index (χ0) is 15.7. The topological polar surface area (TPSA) is 33.2 Å². The number of rotatable bonds is 3. The lowest BCUT2D eigenvalue weighted by molar-refractivity contribution is -0.133. The van der Waals surface area contributed by atoms with E-state index in [0.717, 1.165) is 29.7 Å². The number of carbonyl (C=O) groups excluding carboxylic acids is 1. The van der Waals surface area contributed by atoms with E-state index in [1.807, 2.05) is 30.3 Å². The molecule has 1 aliphatic rings. The molecule has 2 heterocycles. The van der Waals surface area contributed by atoms with Crippen molar-refractivity contribution < 1.29 is 9.18 Å². The molecule has 1 aromatic carbocycles. The summed E-state index contributed by atoms with van der Waals surface area (Å²) in [7, 11) is 0. The van der Waals surface area contributed by atoms with Crippen molar-refractivity contribution in [3.8, 4) is 0 Å². The molecule has 3 rings (SSSR count). The van der Waals surface area contributed by atoms with Crippen LogP contribution in [0.5, 0.6) is 0 Å². The molecule has 0 fully saturated rings. The summed E-state index contributed by atoms with van der Waals surface area (Å²) in [6.45, 7) is 4.66. The number of hydrogen-bond acceptors (Lipinski definition) is 3. The summed E-state index contributed by atoms with van der Waals surface area (Å²) in [5.74, 6) is -0.101. The van der Waals surface area contributed by atoms with Gasteiger partial charge in [-0.05, 0) is 49.9 Å². The van der Waals surface area contributed by atoms with Crippen LogP contribution in [0.3, 0.4) is 0 Å². The van der Waals surface area contributed by atoms with Gasteiger partial charge in [0.05, 0.1) is 17.2 Å². The summed E-state index contributed by atoms with van der Waals surface area (Å²) < 4.78 is 13.5. The van der Waals surface area contributed by atoms with Crippen LogP contribution in [0.2, 0.25) is 0 Å². The Bertz CT molecular complexity index is 698. The molecule has 0 aliphatic carbocycles.